The van der Waals surface area contributed by atoms with E-state index in [1.54, 1.807) is 0 Å². The van der Waals surface area contributed by atoms with Crippen LogP contribution in [0.15, 0.2) is 12.4 Å². The van der Waals surface area contributed by atoms with Gasteiger partial charge in [0.25, 0.3) is 0 Å². The average Bonchev–Trinajstić information content (AvgIpc) is 2.05. The minimum absolute atomic E-state index is 0.205. The van der Waals surface area contributed by atoms with Crippen molar-refractivity contribution in [3.8, 4) is 0 Å². The maximum atomic E-state index is 8.53. The second-order valence-corrected chi connectivity index (χ2v) is 2.55. The van der Waals surface area contributed by atoms with E-state index >= 15 is 0 Å². The number of anilines is 1. The Hall–Kier alpha value is -1.16. The molecule has 0 spiro atoms. The molecule has 0 amide bonds. The first kappa shape index (κ1) is 8.93. The molecule has 4 heteroatoms. The fourth-order valence-corrected chi connectivity index (χ4v) is 0.847. The Labute approximate surface area is 71.7 Å². The van der Waals surface area contributed by atoms with Crippen molar-refractivity contribution >= 4 is 5.82 Å². The number of nitrogens with one attached hydrogen (secondary N) is 1. The van der Waals surface area contributed by atoms with Crippen molar-refractivity contribution < 1.29 is 5.11 Å². The molecule has 1 aromatic rings. The highest BCUT2D eigenvalue weighted by atomic mass is 16.3. The Kier molecular flexibility index (Phi) is 3.47. The summed E-state index contributed by atoms with van der Waals surface area (Å²) < 4.78 is 0. The number of hydrogen-bond donors (Lipinski definition) is 2. The van der Waals surface area contributed by atoms with Crippen LogP contribution in [0.5, 0.6) is 0 Å². The molecule has 0 atom stereocenters. The molecule has 2 N–H and O–H groups in total. The van der Waals surface area contributed by atoms with Crippen molar-refractivity contribution in [2.24, 2.45) is 0 Å². The summed E-state index contributed by atoms with van der Waals surface area (Å²) in [5.74, 6) is 0.816. The fourth-order valence-electron chi connectivity index (χ4n) is 0.847. The minimum Gasteiger partial charge on any atom is -0.396 e. The van der Waals surface area contributed by atoms with Crippen LogP contribution in [0.2, 0.25) is 0 Å². The number of aliphatic hydroxyl groups is 1. The highest BCUT2D eigenvalue weighted by Crippen LogP contribution is 2.01. The lowest BCUT2D eigenvalue weighted by molar-refractivity contribution is 0.292. The molecular formula is C8H13N3O. The molecule has 0 aromatic carbocycles. The third-order valence-corrected chi connectivity index (χ3v) is 1.44. The van der Waals surface area contributed by atoms with E-state index in [9.17, 15) is 0 Å². The number of aromatic nitrogens is 2. The monoisotopic (exact) mass is 167 g/mol. The molecular weight excluding hydrogens is 154 g/mol. The molecule has 0 radical (unpaired) electrons. The molecule has 66 valence electrons. The summed E-state index contributed by atoms with van der Waals surface area (Å²) >= 11 is 0. The van der Waals surface area contributed by atoms with Crippen LogP contribution in [0.1, 0.15) is 12.1 Å². The fraction of sp³-hybridized carbons (Fsp3) is 0.500. The van der Waals surface area contributed by atoms with Crippen LogP contribution in [0.4, 0.5) is 5.82 Å². The van der Waals surface area contributed by atoms with Gasteiger partial charge in [-0.1, -0.05) is 0 Å². The number of aryl methyl sites for hydroxylation is 1. The Balaban J connectivity index is 2.41. The molecule has 1 aromatic heterocycles. The first-order valence-electron chi connectivity index (χ1n) is 3.96. The normalized spacial score (nSPS) is 9.83. The first-order chi connectivity index (χ1) is 5.83. The van der Waals surface area contributed by atoms with E-state index in [2.05, 4.69) is 15.3 Å². The Morgan fingerprint density at radius 1 is 1.50 bits per heavy atom. The van der Waals surface area contributed by atoms with Crippen LogP contribution in [-0.4, -0.2) is 28.2 Å². The van der Waals surface area contributed by atoms with Crippen molar-refractivity contribution in [1.29, 1.82) is 0 Å². The Bertz CT molecular complexity index is 239. The highest BCUT2D eigenvalue weighted by molar-refractivity contribution is 5.33. The van der Waals surface area contributed by atoms with Crippen molar-refractivity contribution in [3.05, 3.63) is 18.1 Å². The molecule has 0 aliphatic heterocycles. The summed E-state index contributed by atoms with van der Waals surface area (Å²) in [4.78, 5) is 7.98. The zero-order valence-electron chi connectivity index (χ0n) is 7.12. The van der Waals surface area contributed by atoms with Gasteiger partial charge in [-0.25, -0.2) is 9.97 Å². The van der Waals surface area contributed by atoms with Crippen LogP contribution >= 0.6 is 0 Å². The summed E-state index contributed by atoms with van der Waals surface area (Å²) in [7, 11) is 0. The van der Waals surface area contributed by atoms with Gasteiger partial charge in [0.05, 0.1) is 0 Å². The van der Waals surface area contributed by atoms with E-state index in [1.165, 1.54) is 6.33 Å². The maximum Gasteiger partial charge on any atom is 0.129 e. The largest absolute Gasteiger partial charge is 0.396 e. The molecule has 0 aliphatic rings. The zero-order chi connectivity index (χ0) is 8.81. The lowest BCUT2D eigenvalue weighted by Crippen LogP contribution is -2.05. The number of hydrogen-bond acceptors (Lipinski definition) is 4. The number of rotatable bonds is 4. The lowest BCUT2D eigenvalue weighted by atomic mass is 10.4. The van der Waals surface area contributed by atoms with Crippen LogP contribution in [0.25, 0.3) is 0 Å². The van der Waals surface area contributed by atoms with E-state index < -0.39 is 0 Å². The van der Waals surface area contributed by atoms with Gasteiger partial charge in [0.1, 0.15) is 12.1 Å². The second kappa shape index (κ2) is 4.66. The van der Waals surface area contributed by atoms with Crippen LogP contribution in [0.3, 0.4) is 0 Å². The molecule has 0 aliphatic carbocycles. The van der Waals surface area contributed by atoms with Gasteiger partial charge >= 0.3 is 0 Å². The number of nitrogens with zero attached hydrogens (tertiary/aromatic N) is 2. The van der Waals surface area contributed by atoms with Gasteiger partial charge in [0.15, 0.2) is 0 Å². The zero-order valence-corrected chi connectivity index (χ0v) is 7.12. The quantitative estimate of drug-likeness (QED) is 0.644. The van der Waals surface area contributed by atoms with Crippen LogP contribution in [-0.2, 0) is 0 Å². The Morgan fingerprint density at radius 2 is 2.33 bits per heavy atom. The summed E-state index contributed by atoms with van der Waals surface area (Å²) in [6.45, 7) is 2.86. The molecule has 0 unspecified atom stereocenters. The lowest BCUT2D eigenvalue weighted by Gasteiger charge is -2.03. The second-order valence-electron chi connectivity index (χ2n) is 2.55. The molecule has 0 saturated carbocycles. The van der Waals surface area contributed by atoms with Crippen molar-refractivity contribution in [3.63, 3.8) is 0 Å². The first-order valence-corrected chi connectivity index (χ1v) is 3.96. The van der Waals surface area contributed by atoms with Crippen LogP contribution < -0.4 is 5.32 Å². The maximum absolute atomic E-state index is 8.53. The van der Waals surface area contributed by atoms with E-state index in [0.717, 1.165) is 24.5 Å². The van der Waals surface area contributed by atoms with E-state index in [1.807, 2.05) is 13.0 Å². The predicted octanol–water partition coefficient (Wildman–Crippen LogP) is 0.579. The topological polar surface area (TPSA) is 58.0 Å². The third kappa shape index (κ3) is 2.84. The van der Waals surface area contributed by atoms with Crippen LogP contribution in [0, 0.1) is 6.92 Å². The van der Waals surface area contributed by atoms with E-state index in [4.69, 9.17) is 5.11 Å². The molecule has 1 rings (SSSR count). The SMILES string of the molecule is Cc1cc(NCCCO)ncn1. The van der Waals surface area contributed by atoms with Gasteiger partial charge in [-0.15, -0.1) is 0 Å². The third-order valence-electron chi connectivity index (χ3n) is 1.44. The van der Waals surface area contributed by atoms with E-state index in [-0.39, 0.29) is 6.61 Å². The average molecular weight is 167 g/mol. The number of aliphatic hydroxyl groups excluding tert-OH is 1. The molecule has 0 fully saturated rings. The molecule has 0 saturated heterocycles. The summed E-state index contributed by atoms with van der Waals surface area (Å²) in [6, 6.07) is 1.87. The summed E-state index contributed by atoms with van der Waals surface area (Å²) in [5, 5.41) is 11.6. The van der Waals surface area contributed by atoms with Gasteiger partial charge in [-0.2, -0.15) is 0 Å². The molecule has 0 bridgehead atoms. The van der Waals surface area contributed by atoms with Gasteiger partial charge in [0, 0.05) is 24.9 Å². The van der Waals surface area contributed by atoms with Gasteiger partial charge < -0.3 is 10.4 Å². The van der Waals surface area contributed by atoms with Gasteiger partial charge in [-0.3, -0.25) is 0 Å². The van der Waals surface area contributed by atoms with E-state index in [0.29, 0.717) is 0 Å². The van der Waals surface area contributed by atoms with Gasteiger partial charge in [0.2, 0.25) is 0 Å². The van der Waals surface area contributed by atoms with Crippen molar-refractivity contribution in [1.82, 2.24) is 9.97 Å². The smallest absolute Gasteiger partial charge is 0.129 e. The standard InChI is InChI=1S/C8H13N3O/c1-7-5-8(11-6-10-7)9-3-2-4-12/h5-6,12H,2-4H2,1H3,(H,9,10,11). The highest BCUT2D eigenvalue weighted by Gasteiger charge is 1.92. The molecule has 4 nitrogen and oxygen atoms in total. The summed E-state index contributed by atoms with van der Waals surface area (Å²) in [5.41, 5.74) is 0.941. The summed E-state index contributed by atoms with van der Waals surface area (Å²) in [6.07, 6.45) is 2.26. The predicted molar refractivity (Wildman–Crippen MR) is 47.0 cm³/mol. The minimum atomic E-state index is 0.205. The Morgan fingerprint density at radius 3 is 3.00 bits per heavy atom. The van der Waals surface area contributed by atoms with Crippen molar-refractivity contribution in [2.75, 3.05) is 18.5 Å². The van der Waals surface area contributed by atoms with Crippen molar-refractivity contribution in [2.45, 2.75) is 13.3 Å². The molecule has 12 heavy (non-hydrogen) atoms. The molecule has 1 heterocycles. The van der Waals surface area contributed by atoms with Gasteiger partial charge in [-0.05, 0) is 13.3 Å².